The van der Waals surface area contributed by atoms with Gasteiger partial charge in [0.1, 0.15) is 5.54 Å². The summed E-state index contributed by atoms with van der Waals surface area (Å²) >= 11 is 3.38. The van der Waals surface area contributed by atoms with Gasteiger partial charge in [-0.1, -0.05) is 28.1 Å². The summed E-state index contributed by atoms with van der Waals surface area (Å²) in [6.07, 6.45) is 0. The Labute approximate surface area is 127 Å². The van der Waals surface area contributed by atoms with Gasteiger partial charge in [0.05, 0.1) is 6.04 Å². The number of likely N-dealkylation sites (N-methyl/N-ethyl adjacent to an activating group) is 1. The van der Waals surface area contributed by atoms with Gasteiger partial charge in [-0.15, -0.1) is 0 Å². The van der Waals surface area contributed by atoms with Crippen LogP contribution in [-0.2, 0) is 4.79 Å². The van der Waals surface area contributed by atoms with Crippen molar-refractivity contribution in [1.29, 1.82) is 0 Å². The first kappa shape index (κ1) is 16.5. The molecule has 0 fully saturated rings. The van der Waals surface area contributed by atoms with Gasteiger partial charge in [-0.2, -0.15) is 0 Å². The Kier molecular flexibility index (Phi) is 5.16. The minimum Gasteiger partial charge on any atom is -0.480 e. The van der Waals surface area contributed by atoms with Crippen LogP contribution in [0.25, 0.3) is 0 Å². The first-order valence-corrected chi connectivity index (χ1v) is 6.98. The molecule has 0 heterocycles. The van der Waals surface area contributed by atoms with Crippen molar-refractivity contribution in [1.82, 2.24) is 10.2 Å². The largest absolute Gasteiger partial charge is 0.480 e. The molecular weight excluding hydrogens is 324 g/mol. The topological polar surface area (TPSA) is 69.6 Å². The Morgan fingerprint density at radius 1 is 1.40 bits per heavy atom. The minimum atomic E-state index is -1.26. The normalized spacial score (nSPS) is 12.7. The monoisotopic (exact) mass is 342 g/mol. The number of halogens is 1. The Bertz CT molecular complexity index is 517. The maximum atomic E-state index is 12.1. The molecule has 20 heavy (non-hydrogen) atoms. The van der Waals surface area contributed by atoms with Crippen LogP contribution in [0.15, 0.2) is 28.7 Å². The summed E-state index contributed by atoms with van der Waals surface area (Å²) in [4.78, 5) is 24.4. The number of aliphatic carboxylic acids is 1. The lowest BCUT2D eigenvalue weighted by atomic mass is 10.0. The van der Waals surface area contributed by atoms with Crippen LogP contribution in [0, 0.1) is 0 Å². The highest BCUT2D eigenvalue weighted by molar-refractivity contribution is 9.10. The van der Waals surface area contributed by atoms with Crippen LogP contribution < -0.4 is 5.32 Å². The summed E-state index contributed by atoms with van der Waals surface area (Å²) in [5, 5.41) is 11.9. The lowest BCUT2D eigenvalue weighted by molar-refractivity contribution is -0.146. The standard InChI is InChI=1S/C14H19BrN2O3/c1-9(10-6-5-7-11(15)8-10)16-13(20)17(4)14(2,3)12(18)19/h5-9H,1-4H3,(H,16,20)(H,18,19). The highest BCUT2D eigenvalue weighted by atomic mass is 79.9. The summed E-state index contributed by atoms with van der Waals surface area (Å²) < 4.78 is 0.926. The zero-order valence-corrected chi connectivity index (χ0v) is 13.6. The van der Waals surface area contributed by atoms with Crippen LogP contribution in [0.1, 0.15) is 32.4 Å². The third-order valence-electron chi connectivity index (χ3n) is 3.36. The van der Waals surface area contributed by atoms with Crippen molar-refractivity contribution in [2.45, 2.75) is 32.4 Å². The number of hydrogen-bond donors (Lipinski definition) is 2. The molecule has 1 rings (SSSR count). The summed E-state index contributed by atoms with van der Waals surface area (Å²) in [7, 11) is 1.47. The summed E-state index contributed by atoms with van der Waals surface area (Å²) in [6, 6.07) is 6.95. The molecule has 0 aliphatic heterocycles. The van der Waals surface area contributed by atoms with Crippen LogP contribution in [0.4, 0.5) is 4.79 Å². The van der Waals surface area contributed by atoms with E-state index >= 15 is 0 Å². The van der Waals surface area contributed by atoms with E-state index in [9.17, 15) is 9.59 Å². The van der Waals surface area contributed by atoms with E-state index in [1.165, 1.54) is 25.8 Å². The van der Waals surface area contributed by atoms with Gasteiger partial charge < -0.3 is 15.3 Å². The van der Waals surface area contributed by atoms with Gasteiger partial charge in [-0.25, -0.2) is 9.59 Å². The van der Waals surface area contributed by atoms with Crippen LogP contribution in [0.3, 0.4) is 0 Å². The predicted molar refractivity (Wildman–Crippen MR) is 80.6 cm³/mol. The Morgan fingerprint density at radius 3 is 2.50 bits per heavy atom. The number of nitrogens with zero attached hydrogens (tertiary/aromatic N) is 1. The quantitative estimate of drug-likeness (QED) is 0.883. The minimum absolute atomic E-state index is 0.216. The maximum Gasteiger partial charge on any atom is 0.329 e. The molecule has 1 aromatic carbocycles. The van der Waals surface area contributed by atoms with Crippen molar-refractivity contribution in [2.75, 3.05) is 7.05 Å². The van der Waals surface area contributed by atoms with Gasteiger partial charge >= 0.3 is 12.0 Å². The van der Waals surface area contributed by atoms with Gasteiger partial charge in [0.2, 0.25) is 0 Å². The Morgan fingerprint density at radius 2 is 2.00 bits per heavy atom. The number of amides is 2. The van der Waals surface area contributed by atoms with E-state index in [-0.39, 0.29) is 6.04 Å². The average Bonchev–Trinajstić information content (AvgIpc) is 2.37. The molecule has 5 nitrogen and oxygen atoms in total. The molecule has 2 N–H and O–H groups in total. The van der Waals surface area contributed by atoms with Crippen molar-refractivity contribution in [2.24, 2.45) is 0 Å². The van der Waals surface area contributed by atoms with Gasteiger partial charge in [0, 0.05) is 11.5 Å². The third kappa shape index (κ3) is 3.72. The van der Waals surface area contributed by atoms with Crippen molar-refractivity contribution >= 4 is 27.9 Å². The second kappa shape index (κ2) is 6.26. The summed E-state index contributed by atoms with van der Waals surface area (Å²) in [6.45, 7) is 4.82. The lowest BCUT2D eigenvalue weighted by Crippen LogP contribution is -2.54. The second-order valence-corrected chi connectivity index (χ2v) is 6.07. The number of nitrogens with one attached hydrogen (secondary N) is 1. The van der Waals surface area contributed by atoms with Gasteiger partial charge in [0.15, 0.2) is 0 Å². The molecule has 0 bridgehead atoms. The smallest absolute Gasteiger partial charge is 0.329 e. The predicted octanol–water partition coefficient (Wildman–Crippen LogP) is 3.01. The first-order chi connectivity index (χ1) is 9.16. The molecule has 6 heteroatoms. The highest BCUT2D eigenvalue weighted by Crippen LogP contribution is 2.19. The van der Waals surface area contributed by atoms with E-state index in [0.717, 1.165) is 10.0 Å². The van der Waals surface area contributed by atoms with Gasteiger partial charge in [-0.05, 0) is 38.5 Å². The van der Waals surface area contributed by atoms with E-state index in [0.29, 0.717) is 0 Å². The van der Waals surface area contributed by atoms with E-state index in [1.807, 2.05) is 31.2 Å². The SMILES string of the molecule is CC(NC(=O)N(C)C(C)(C)C(=O)O)c1cccc(Br)c1. The Hall–Kier alpha value is -1.56. The number of carboxylic acids is 1. The van der Waals surface area contributed by atoms with E-state index in [4.69, 9.17) is 5.11 Å². The molecule has 1 aromatic rings. The summed E-state index contributed by atoms with van der Waals surface area (Å²) in [5.74, 6) is -1.05. The van der Waals surface area contributed by atoms with Crippen LogP contribution in [0.5, 0.6) is 0 Å². The third-order valence-corrected chi connectivity index (χ3v) is 3.85. The fourth-order valence-corrected chi connectivity index (χ4v) is 1.96. The van der Waals surface area contributed by atoms with Crippen LogP contribution in [-0.4, -0.2) is 34.6 Å². The van der Waals surface area contributed by atoms with E-state index in [1.54, 1.807) is 0 Å². The number of rotatable bonds is 4. The second-order valence-electron chi connectivity index (χ2n) is 5.15. The molecule has 0 aromatic heterocycles. The number of carboxylic acid groups (broad SMARTS) is 1. The molecule has 0 saturated heterocycles. The van der Waals surface area contributed by atoms with Crippen LogP contribution in [0.2, 0.25) is 0 Å². The fourth-order valence-electron chi connectivity index (χ4n) is 1.54. The molecule has 0 saturated carbocycles. The van der Waals surface area contributed by atoms with Crippen molar-refractivity contribution in [3.63, 3.8) is 0 Å². The molecule has 0 aliphatic rings. The lowest BCUT2D eigenvalue weighted by Gasteiger charge is -2.32. The molecule has 110 valence electrons. The molecular formula is C14H19BrN2O3. The zero-order valence-electron chi connectivity index (χ0n) is 12.0. The number of carbonyl (C=O) groups excluding carboxylic acids is 1. The fraction of sp³-hybridized carbons (Fsp3) is 0.429. The van der Waals surface area contributed by atoms with Gasteiger partial charge in [-0.3, -0.25) is 0 Å². The van der Waals surface area contributed by atoms with Crippen molar-refractivity contribution < 1.29 is 14.7 Å². The van der Waals surface area contributed by atoms with Gasteiger partial charge in [0.25, 0.3) is 0 Å². The molecule has 0 radical (unpaired) electrons. The van der Waals surface area contributed by atoms with Crippen LogP contribution >= 0.6 is 15.9 Å². The maximum absolute atomic E-state index is 12.1. The molecule has 2 amide bonds. The summed E-state index contributed by atoms with van der Waals surface area (Å²) in [5.41, 5.74) is -0.324. The first-order valence-electron chi connectivity index (χ1n) is 6.19. The number of urea groups is 1. The van der Waals surface area contributed by atoms with Crippen molar-refractivity contribution in [3.05, 3.63) is 34.3 Å². The number of hydrogen-bond acceptors (Lipinski definition) is 2. The van der Waals surface area contributed by atoms with E-state index in [2.05, 4.69) is 21.2 Å². The van der Waals surface area contributed by atoms with E-state index < -0.39 is 17.5 Å². The number of carbonyl (C=O) groups is 2. The molecule has 0 aliphatic carbocycles. The Balaban J connectivity index is 2.78. The number of benzene rings is 1. The zero-order chi connectivity index (χ0) is 15.5. The van der Waals surface area contributed by atoms with Crippen molar-refractivity contribution in [3.8, 4) is 0 Å². The average molecular weight is 343 g/mol. The highest BCUT2D eigenvalue weighted by Gasteiger charge is 2.35. The molecule has 0 spiro atoms. The molecule has 1 atom stereocenters. The molecule has 1 unspecified atom stereocenters.